The highest BCUT2D eigenvalue weighted by Crippen LogP contribution is 2.30. The van der Waals surface area contributed by atoms with Crippen molar-refractivity contribution in [2.24, 2.45) is 0 Å². The lowest BCUT2D eigenvalue weighted by atomic mass is 10.1. The van der Waals surface area contributed by atoms with Crippen molar-refractivity contribution in [1.29, 1.82) is 0 Å². The number of morpholine rings is 1. The van der Waals surface area contributed by atoms with Gasteiger partial charge in [-0.3, -0.25) is 0 Å². The van der Waals surface area contributed by atoms with E-state index in [4.69, 9.17) is 21.1 Å². The summed E-state index contributed by atoms with van der Waals surface area (Å²) in [7, 11) is 1.41. The molecule has 1 fully saturated rings. The van der Waals surface area contributed by atoms with Crippen LogP contribution in [0.2, 0.25) is 5.02 Å². The van der Waals surface area contributed by atoms with Gasteiger partial charge < -0.3 is 25.0 Å². The van der Waals surface area contributed by atoms with E-state index in [1.807, 2.05) is 6.07 Å². The summed E-state index contributed by atoms with van der Waals surface area (Å²) in [5.41, 5.74) is 2.12. The van der Waals surface area contributed by atoms with Gasteiger partial charge in [0.05, 0.1) is 37.7 Å². The molecule has 6 nitrogen and oxygen atoms in total. The molecule has 0 aromatic heterocycles. The number of anilines is 2. The first-order chi connectivity index (χ1) is 13.5. The summed E-state index contributed by atoms with van der Waals surface area (Å²) in [6, 6.07) is 9.18. The van der Waals surface area contributed by atoms with Gasteiger partial charge in [0, 0.05) is 18.1 Å². The average Bonchev–Trinajstić information content (AvgIpc) is 2.68. The van der Waals surface area contributed by atoms with Gasteiger partial charge in [0.25, 0.3) is 0 Å². The van der Waals surface area contributed by atoms with E-state index in [2.05, 4.69) is 15.5 Å². The minimum absolute atomic E-state index is 0.162. The molecule has 2 aromatic rings. The maximum Gasteiger partial charge on any atom is 0.319 e. The van der Waals surface area contributed by atoms with Gasteiger partial charge in [0.1, 0.15) is 0 Å². The number of nitrogens with zero attached hydrogens (tertiary/aromatic N) is 1. The lowest BCUT2D eigenvalue weighted by Crippen LogP contribution is -2.37. The number of carbonyl (C=O) groups excluding carboxylic acids is 1. The molecule has 3 rings (SSSR count). The Bertz CT molecular complexity index is 843. The van der Waals surface area contributed by atoms with Gasteiger partial charge in [0.15, 0.2) is 11.6 Å². The molecule has 1 atom stereocenters. The molecule has 1 heterocycles. The van der Waals surface area contributed by atoms with Gasteiger partial charge in [-0.25, -0.2) is 9.18 Å². The van der Waals surface area contributed by atoms with Crippen LogP contribution in [-0.4, -0.2) is 39.4 Å². The number of hydrogen-bond acceptors (Lipinski definition) is 4. The first-order valence-electron chi connectivity index (χ1n) is 9.01. The summed E-state index contributed by atoms with van der Waals surface area (Å²) in [5.74, 6) is -0.312. The number of hydrogen-bond donors (Lipinski definition) is 2. The van der Waals surface area contributed by atoms with E-state index in [0.717, 1.165) is 18.8 Å². The van der Waals surface area contributed by atoms with Crippen LogP contribution < -0.4 is 20.3 Å². The highest BCUT2D eigenvalue weighted by atomic mass is 35.5. The molecule has 150 valence electrons. The number of ether oxygens (including phenoxy) is 2. The van der Waals surface area contributed by atoms with Crippen LogP contribution in [0.15, 0.2) is 36.4 Å². The van der Waals surface area contributed by atoms with Gasteiger partial charge >= 0.3 is 6.03 Å². The third kappa shape index (κ3) is 4.85. The van der Waals surface area contributed by atoms with E-state index in [9.17, 15) is 9.18 Å². The van der Waals surface area contributed by atoms with Crippen molar-refractivity contribution >= 4 is 29.0 Å². The number of carbonyl (C=O) groups is 1. The molecule has 28 heavy (non-hydrogen) atoms. The number of amides is 2. The first kappa shape index (κ1) is 20.2. The Balaban J connectivity index is 1.70. The fraction of sp³-hybridized carbons (Fsp3) is 0.350. The lowest BCUT2D eigenvalue weighted by molar-refractivity contribution is 0.123. The summed E-state index contributed by atoms with van der Waals surface area (Å²) < 4.78 is 24.2. The third-order valence-corrected chi connectivity index (χ3v) is 4.82. The molecule has 2 aromatic carbocycles. The van der Waals surface area contributed by atoms with Crippen molar-refractivity contribution in [3.63, 3.8) is 0 Å². The maximum atomic E-state index is 13.9. The van der Waals surface area contributed by atoms with Gasteiger partial charge in [0.2, 0.25) is 0 Å². The van der Waals surface area contributed by atoms with Gasteiger partial charge in [-0.2, -0.15) is 0 Å². The monoisotopic (exact) mass is 407 g/mol. The van der Waals surface area contributed by atoms with E-state index >= 15 is 0 Å². The average molecular weight is 408 g/mol. The van der Waals surface area contributed by atoms with Crippen LogP contribution in [-0.2, 0) is 4.74 Å². The van der Waals surface area contributed by atoms with Crippen LogP contribution in [0.3, 0.4) is 0 Å². The molecule has 0 aliphatic carbocycles. The van der Waals surface area contributed by atoms with E-state index in [-0.39, 0.29) is 5.75 Å². The number of methoxy groups -OCH3 is 1. The quantitative estimate of drug-likeness (QED) is 0.779. The van der Waals surface area contributed by atoms with Crippen molar-refractivity contribution < 1.29 is 18.7 Å². The normalized spacial score (nSPS) is 15.1. The molecule has 0 bridgehead atoms. The van der Waals surface area contributed by atoms with Crippen molar-refractivity contribution in [1.82, 2.24) is 5.32 Å². The van der Waals surface area contributed by atoms with E-state index < -0.39 is 17.9 Å². The number of halogens is 2. The summed E-state index contributed by atoms with van der Waals surface area (Å²) in [5, 5.41) is 6.19. The van der Waals surface area contributed by atoms with Crippen LogP contribution in [0.5, 0.6) is 5.75 Å². The Morgan fingerprint density at radius 1 is 1.25 bits per heavy atom. The number of nitrogens with one attached hydrogen (secondary N) is 2. The smallest absolute Gasteiger partial charge is 0.319 e. The van der Waals surface area contributed by atoms with Crippen LogP contribution in [0.25, 0.3) is 0 Å². The number of rotatable bonds is 5. The van der Waals surface area contributed by atoms with Gasteiger partial charge in [-0.15, -0.1) is 0 Å². The third-order valence-electron chi connectivity index (χ3n) is 4.58. The minimum atomic E-state index is -0.474. The number of urea groups is 1. The SMILES string of the molecule is COc1ccc(C(C)NC(=O)Nc2cc(Cl)ccc2N2CCOCC2)cc1F. The summed E-state index contributed by atoms with van der Waals surface area (Å²) >= 11 is 6.12. The molecule has 1 unspecified atom stereocenters. The van der Waals surface area contributed by atoms with Crippen molar-refractivity contribution in [3.8, 4) is 5.75 Å². The molecular weight excluding hydrogens is 385 g/mol. The second-order valence-electron chi connectivity index (χ2n) is 6.48. The summed E-state index contributed by atoms with van der Waals surface area (Å²) in [6.45, 7) is 4.52. The lowest BCUT2D eigenvalue weighted by Gasteiger charge is -2.30. The molecule has 2 N–H and O–H groups in total. The predicted molar refractivity (Wildman–Crippen MR) is 108 cm³/mol. The molecule has 2 amide bonds. The fourth-order valence-electron chi connectivity index (χ4n) is 3.08. The molecule has 0 saturated carbocycles. The molecule has 1 aliphatic heterocycles. The van der Waals surface area contributed by atoms with Crippen molar-refractivity contribution in [3.05, 3.63) is 52.8 Å². The first-order valence-corrected chi connectivity index (χ1v) is 9.39. The zero-order chi connectivity index (χ0) is 20.1. The zero-order valence-electron chi connectivity index (χ0n) is 15.8. The van der Waals surface area contributed by atoms with Gasteiger partial charge in [-0.05, 0) is 42.8 Å². The topological polar surface area (TPSA) is 62.8 Å². The second kappa shape index (κ2) is 9.12. The van der Waals surface area contributed by atoms with E-state index in [0.29, 0.717) is 29.5 Å². The Labute approximate surface area is 168 Å². The predicted octanol–water partition coefficient (Wildman–Crippen LogP) is 4.21. The molecule has 0 spiro atoms. The fourth-order valence-corrected chi connectivity index (χ4v) is 3.25. The largest absolute Gasteiger partial charge is 0.494 e. The Kier molecular flexibility index (Phi) is 6.59. The molecule has 0 radical (unpaired) electrons. The highest BCUT2D eigenvalue weighted by Gasteiger charge is 2.18. The second-order valence-corrected chi connectivity index (χ2v) is 6.91. The molecular formula is C20H23ClFN3O3. The minimum Gasteiger partial charge on any atom is -0.494 e. The van der Waals surface area contributed by atoms with E-state index in [1.165, 1.54) is 19.2 Å². The summed E-state index contributed by atoms with van der Waals surface area (Å²) in [6.07, 6.45) is 0. The summed E-state index contributed by atoms with van der Waals surface area (Å²) in [4.78, 5) is 14.7. The molecule has 1 saturated heterocycles. The Hall–Kier alpha value is -2.51. The Morgan fingerprint density at radius 2 is 2.00 bits per heavy atom. The van der Waals surface area contributed by atoms with Crippen LogP contribution >= 0.6 is 11.6 Å². The van der Waals surface area contributed by atoms with Gasteiger partial charge in [-0.1, -0.05) is 17.7 Å². The molecule has 1 aliphatic rings. The zero-order valence-corrected chi connectivity index (χ0v) is 16.6. The highest BCUT2D eigenvalue weighted by molar-refractivity contribution is 6.31. The Morgan fingerprint density at radius 3 is 2.68 bits per heavy atom. The standard InChI is InChI=1S/C20H23ClFN3O3/c1-13(14-3-6-19(27-2)16(22)11-14)23-20(26)24-17-12-15(21)4-5-18(17)25-7-9-28-10-8-25/h3-6,11-13H,7-10H2,1-2H3,(H2,23,24,26). The van der Waals surface area contributed by atoms with Crippen LogP contribution in [0.4, 0.5) is 20.6 Å². The van der Waals surface area contributed by atoms with E-state index in [1.54, 1.807) is 25.1 Å². The molecule has 8 heteroatoms. The maximum absolute atomic E-state index is 13.9. The van der Waals surface area contributed by atoms with Crippen molar-refractivity contribution in [2.45, 2.75) is 13.0 Å². The van der Waals surface area contributed by atoms with Crippen LogP contribution in [0, 0.1) is 5.82 Å². The van der Waals surface area contributed by atoms with Crippen LogP contribution in [0.1, 0.15) is 18.5 Å². The van der Waals surface area contributed by atoms with Crippen molar-refractivity contribution in [2.75, 3.05) is 43.6 Å². The number of benzene rings is 2.